The van der Waals surface area contributed by atoms with Crippen molar-refractivity contribution in [2.24, 2.45) is 0 Å². The van der Waals surface area contributed by atoms with Crippen LogP contribution in [0, 0.1) is 11.3 Å². The van der Waals surface area contributed by atoms with Crippen LogP contribution in [-0.2, 0) is 11.2 Å². The molecular weight excluding hydrogens is 194 g/mol. The van der Waals surface area contributed by atoms with E-state index in [1.807, 2.05) is 13.0 Å². The van der Waals surface area contributed by atoms with Crippen LogP contribution in [0.3, 0.4) is 0 Å². The Morgan fingerprint density at radius 1 is 1.73 bits per heavy atom. The summed E-state index contributed by atoms with van der Waals surface area (Å²) >= 11 is 0. The van der Waals surface area contributed by atoms with Crippen LogP contribution >= 0.6 is 0 Å². The molecule has 15 heavy (non-hydrogen) atoms. The standard InChI is InChI=1S/C10H11N3O2/c1-3-6-4-7(10(14)15-2)8(5-11)9(12)13-6/h4H,3H2,1-2H3,(H2,12,13). The zero-order chi connectivity index (χ0) is 11.4. The number of hydrogen-bond donors (Lipinski definition) is 1. The van der Waals surface area contributed by atoms with E-state index >= 15 is 0 Å². The van der Waals surface area contributed by atoms with E-state index in [0.717, 1.165) is 0 Å². The van der Waals surface area contributed by atoms with Crippen molar-refractivity contribution in [3.63, 3.8) is 0 Å². The number of methoxy groups -OCH3 is 1. The lowest BCUT2D eigenvalue weighted by Crippen LogP contribution is -2.09. The average molecular weight is 205 g/mol. The van der Waals surface area contributed by atoms with Crippen molar-refractivity contribution in [2.45, 2.75) is 13.3 Å². The number of anilines is 1. The molecule has 78 valence electrons. The fraction of sp³-hybridized carbons (Fsp3) is 0.300. The molecule has 0 atom stereocenters. The largest absolute Gasteiger partial charge is 0.465 e. The van der Waals surface area contributed by atoms with Gasteiger partial charge < -0.3 is 10.5 Å². The molecule has 0 saturated heterocycles. The minimum absolute atomic E-state index is 0.0669. The van der Waals surface area contributed by atoms with Crippen LogP contribution in [0.2, 0.25) is 0 Å². The van der Waals surface area contributed by atoms with Gasteiger partial charge in [-0.25, -0.2) is 9.78 Å². The predicted octanol–water partition coefficient (Wildman–Crippen LogP) is 0.884. The van der Waals surface area contributed by atoms with Gasteiger partial charge in [0.2, 0.25) is 0 Å². The highest BCUT2D eigenvalue weighted by atomic mass is 16.5. The van der Waals surface area contributed by atoms with Gasteiger partial charge in [-0.05, 0) is 12.5 Å². The lowest BCUT2D eigenvalue weighted by Gasteiger charge is -2.06. The second-order valence-corrected chi connectivity index (χ2v) is 2.88. The molecule has 1 heterocycles. The smallest absolute Gasteiger partial charge is 0.339 e. The summed E-state index contributed by atoms with van der Waals surface area (Å²) in [7, 11) is 1.26. The molecule has 0 amide bonds. The van der Waals surface area contributed by atoms with E-state index < -0.39 is 5.97 Å². The van der Waals surface area contributed by atoms with Crippen molar-refractivity contribution in [1.82, 2.24) is 4.98 Å². The molecule has 0 aliphatic rings. The minimum Gasteiger partial charge on any atom is -0.465 e. The third kappa shape index (κ3) is 2.05. The molecule has 1 aromatic rings. The second kappa shape index (κ2) is 4.42. The first-order valence-electron chi connectivity index (χ1n) is 4.41. The highest BCUT2D eigenvalue weighted by Gasteiger charge is 2.16. The maximum atomic E-state index is 11.4. The van der Waals surface area contributed by atoms with Crippen LogP contribution in [0.4, 0.5) is 5.82 Å². The van der Waals surface area contributed by atoms with E-state index in [1.165, 1.54) is 13.2 Å². The number of aryl methyl sites for hydroxylation is 1. The van der Waals surface area contributed by atoms with Crippen molar-refractivity contribution in [1.29, 1.82) is 5.26 Å². The van der Waals surface area contributed by atoms with Gasteiger partial charge in [-0.15, -0.1) is 0 Å². The molecule has 0 radical (unpaired) electrons. The van der Waals surface area contributed by atoms with E-state index in [-0.39, 0.29) is 16.9 Å². The number of carbonyl (C=O) groups is 1. The highest BCUT2D eigenvalue weighted by molar-refractivity contribution is 5.93. The molecule has 5 nitrogen and oxygen atoms in total. The molecule has 0 aliphatic heterocycles. The van der Waals surface area contributed by atoms with E-state index in [4.69, 9.17) is 11.0 Å². The van der Waals surface area contributed by atoms with Crippen molar-refractivity contribution < 1.29 is 9.53 Å². The number of carbonyl (C=O) groups excluding carboxylic acids is 1. The fourth-order valence-corrected chi connectivity index (χ4v) is 1.19. The normalized spacial score (nSPS) is 9.40. The maximum Gasteiger partial charge on any atom is 0.339 e. The number of nitrogens with zero attached hydrogens (tertiary/aromatic N) is 2. The zero-order valence-electron chi connectivity index (χ0n) is 8.57. The lowest BCUT2D eigenvalue weighted by molar-refractivity contribution is 0.0600. The molecule has 0 aromatic carbocycles. The fourth-order valence-electron chi connectivity index (χ4n) is 1.19. The molecule has 1 rings (SSSR count). The molecule has 0 unspecified atom stereocenters. The van der Waals surface area contributed by atoms with Gasteiger partial charge in [0.05, 0.1) is 12.7 Å². The van der Waals surface area contributed by atoms with Crippen molar-refractivity contribution in [3.05, 3.63) is 22.9 Å². The van der Waals surface area contributed by atoms with Gasteiger partial charge in [-0.1, -0.05) is 6.92 Å². The number of aromatic nitrogens is 1. The molecule has 5 heteroatoms. The Morgan fingerprint density at radius 3 is 2.87 bits per heavy atom. The maximum absolute atomic E-state index is 11.4. The van der Waals surface area contributed by atoms with Crippen LogP contribution < -0.4 is 5.73 Å². The molecule has 0 spiro atoms. The second-order valence-electron chi connectivity index (χ2n) is 2.88. The van der Waals surface area contributed by atoms with Crippen LogP contribution in [0.15, 0.2) is 6.07 Å². The van der Waals surface area contributed by atoms with Gasteiger partial charge in [0, 0.05) is 5.69 Å². The summed E-state index contributed by atoms with van der Waals surface area (Å²) in [4.78, 5) is 15.3. The van der Waals surface area contributed by atoms with Crippen LogP contribution in [0.1, 0.15) is 28.5 Å². The molecule has 2 N–H and O–H groups in total. The number of ether oxygens (including phenoxy) is 1. The first-order chi connectivity index (χ1) is 7.13. The van der Waals surface area contributed by atoms with Gasteiger partial charge >= 0.3 is 5.97 Å². The van der Waals surface area contributed by atoms with Gasteiger partial charge in [0.15, 0.2) is 0 Å². The molecule has 0 fully saturated rings. The number of esters is 1. The summed E-state index contributed by atoms with van der Waals surface area (Å²) in [6.07, 6.45) is 0.639. The summed E-state index contributed by atoms with van der Waals surface area (Å²) in [6.45, 7) is 1.88. The first kappa shape index (κ1) is 11.0. The van der Waals surface area contributed by atoms with Gasteiger partial charge in [0.1, 0.15) is 17.5 Å². The SMILES string of the molecule is CCc1cc(C(=O)OC)c(C#N)c(N)n1. The third-order valence-corrected chi connectivity index (χ3v) is 1.98. The Hall–Kier alpha value is -2.09. The van der Waals surface area contributed by atoms with E-state index in [1.54, 1.807) is 0 Å². The van der Waals surface area contributed by atoms with Crippen molar-refractivity contribution in [3.8, 4) is 6.07 Å². The van der Waals surface area contributed by atoms with Crippen molar-refractivity contribution >= 4 is 11.8 Å². The Morgan fingerprint density at radius 2 is 2.40 bits per heavy atom. The van der Waals surface area contributed by atoms with E-state index in [0.29, 0.717) is 12.1 Å². The Bertz CT molecular complexity index is 435. The predicted molar refractivity (Wildman–Crippen MR) is 54.1 cm³/mol. The van der Waals surface area contributed by atoms with Gasteiger partial charge in [-0.2, -0.15) is 5.26 Å². The van der Waals surface area contributed by atoms with Gasteiger partial charge in [-0.3, -0.25) is 0 Å². The topological polar surface area (TPSA) is 89.0 Å². The van der Waals surface area contributed by atoms with Crippen molar-refractivity contribution in [2.75, 3.05) is 12.8 Å². The zero-order valence-corrected chi connectivity index (χ0v) is 8.57. The Kier molecular flexibility index (Phi) is 3.24. The lowest BCUT2D eigenvalue weighted by atomic mass is 10.1. The third-order valence-electron chi connectivity index (χ3n) is 1.98. The summed E-state index contributed by atoms with van der Waals surface area (Å²) in [6, 6.07) is 3.37. The summed E-state index contributed by atoms with van der Waals surface area (Å²) in [5.74, 6) is -0.507. The number of hydrogen-bond acceptors (Lipinski definition) is 5. The number of nitriles is 1. The number of nitrogen functional groups attached to an aromatic ring is 1. The highest BCUT2D eigenvalue weighted by Crippen LogP contribution is 2.17. The summed E-state index contributed by atoms with van der Waals surface area (Å²) in [5, 5.41) is 8.83. The molecule has 0 saturated carbocycles. The monoisotopic (exact) mass is 205 g/mol. The number of rotatable bonds is 2. The Balaban J connectivity index is 3.40. The van der Waals surface area contributed by atoms with E-state index in [2.05, 4.69) is 9.72 Å². The summed E-state index contributed by atoms with van der Waals surface area (Å²) < 4.78 is 4.56. The number of nitrogens with two attached hydrogens (primary N) is 1. The van der Waals surface area contributed by atoms with Crippen LogP contribution in [-0.4, -0.2) is 18.1 Å². The number of pyridine rings is 1. The summed E-state index contributed by atoms with van der Waals surface area (Å²) in [5.41, 5.74) is 6.46. The Labute approximate surface area is 87.5 Å². The first-order valence-corrected chi connectivity index (χ1v) is 4.41. The minimum atomic E-state index is -0.574. The van der Waals surface area contributed by atoms with Crippen LogP contribution in [0.25, 0.3) is 0 Å². The molecular formula is C10H11N3O2. The van der Waals surface area contributed by atoms with Crippen LogP contribution in [0.5, 0.6) is 0 Å². The quantitative estimate of drug-likeness (QED) is 0.724. The molecule has 0 bridgehead atoms. The van der Waals surface area contributed by atoms with Gasteiger partial charge in [0.25, 0.3) is 0 Å². The molecule has 0 aliphatic carbocycles. The van der Waals surface area contributed by atoms with E-state index in [9.17, 15) is 4.79 Å². The molecule has 1 aromatic heterocycles. The average Bonchev–Trinajstić information content (AvgIpc) is 2.26.